The van der Waals surface area contributed by atoms with Gasteiger partial charge in [0.15, 0.2) is 5.16 Å². The van der Waals surface area contributed by atoms with Gasteiger partial charge in [0, 0.05) is 16.5 Å². The van der Waals surface area contributed by atoms with E-state index in [-0.39, 0.29) is 17.2 Å². The molecule has 8 nitrogen and oxygen atoms in total. The van der Waals surface area contributed by atoms with Gasteiger partial charge in [0.25, 0.3) is 11.5 Å². The molecule has 0 saturated carbocycles. The molecular weight excluding hydrogens is 508 g/mol. The first kappa shape index (κ1) is 25.0. The van der Waals surface area contributed by atoms with E-state index in [2.05, 4.69) is 10.5 Å². The number of hydrogen-bond donors (Lipinski definition) is 1. The van der Waals surface area contributed by atoms with Gasteiger partial charge >= 0.3 is 0 Å². The minimum atomic E-state index is -0.312. The van der Waals surface area contributed by atoms with Crippen LogP contribution < -0.4 is 20.5 Å². The summed E-state index contributed by atoms with van der Waals surface area (Å²) in [5, 5.41) is 5.27. The molecule has 0 unspecified atom stereocenters. The molecule has 2 aromatic carbocycles. The van der Waals surface area contributed by atoms with Crippen molar-refractivity contribution in [3.8, 4) is 17.2 Å². The molecule has 0 radical (unpaired) electrons. The Morgan fingerprint density at radius 2 is 1.97 bits per heavy atom. The molecule has 10 heteroatoms. The third-order valence-corrected chi connectivity index (χ3v) is 8.26. The van der Waals surface area contributed by atoms with E-state index in [4.69, 9.17) is 14.5 Å². The summed E-state index contributed by atoms with van der Waals surface area (Å²) in [7, 11) is 3.14. The number of para-hydroxylation sites is 1. The van der Waals surface area contributed by atoms with Gasteiger partial charge in [-0.25, -0.2) is 10.4 Å². The molecule has 0 bridgehead atoms. The van der Waals surface area contributed by atoms with Gasteiger partial charge in [-0.1, -0.05) is 30.0 Å². The third kappa shape index (κ3) is 5.26. The minimum Gasteiger partial charge on any atom is -0.497 e. The number of aromatic nitrogens is 2. The van der Waals surface area contributed by atoms with Gasteiger partial charge in [0.2, 0.25) is 0 Å². The number of benzene rings is 2. The average molecular weight is 535 g/mol. The molecule has 2 aromatic heterocycles. The number of nitrogens with one attached hydrogen (secondary N) is 1. The zero-order valence-corrected chi connectivity index (χ0v) is 22.2. The summed E-state index contributed by atoms with van der Waals surface area (Å²) in [5.41, 5.74) is 5.03. The van der Waals surface area contributed by atoms with E-state index in [0.717, 1.165) is 47.2 Å². The minimum absolute atomic E-state index is 0.0486. The molecule has 1 amide bonds. The van der Waals surface area contributed by atoms with Crippen LogP contribution in [-0.4, -0.2) is 41.6 Å². The Morgan fingerprint density at radius 3 is 2.76 bits per heavy atom. The van der Waals surface area contributed by atoms with E-state index in [9.17, 15) is 9.59 Å². The maximum absolute atomic E-state index is 13.7. The van der Waals surface area contributed by atoms with Crippen molar-refractivity contribution in [1.82, 2.24) is 15.0 Å². The fourth-order valence-corrected chi connectivity index (χ4v) is 6.46. The van der Waals surface area contributed by atoms with Crippen molar-refractivity contribution in [3.05, 3.63) is 74.9 Å². The van der Waals surface area contributed by atoms with Crippen LogP contribution in [0.4, 0.5) is 0 Å². The van der Waals surface area contributed by atoms with E-state index in [1.807, 2.05) is 30.3 Å². The Kier molecular flexibility index (Phi) is 7.57. The lowest BCUT2D eigenvalue weighted by Gasteiger charge is -2.13. The fourth-order valence-electron chi connectivity index (χ4n) is 4.35. The summed E-state index contributed by atoms with van der Waals surface area (Å²) in [6.07, 6.45) is 5.64. The summed E-state index contributed by atoms with van der Waals surface area (Å²) in [4.78, 5) is 33.2. The molecule has 0 saturated heterocycles. The lowest BCUT2D eigenvalue weighted by Crippen LogP contribution is -2.24. The van der Waals surface area contributed by atoms with Gasteiger partial charge in [-0.15, -0.1) is 11.3 Å². The number of aryl methyl sites for hydroxylation is 2. The summed E-state index contributed by atoms with van der Waals surface area (Å²) >= 11 is 2.82. The average Bonchev–Trinajstić information content (AvgIpc) is 3.31. The van der Waals surface area contributed by atoms with Gasteiger partial charge in [-0.2, -0.15) is 5.10 Å². The molecule has 2 heterocycles. The van der Waals surface area contributed by atoms with Crippen molar-refractivity contribution in [2.45, 2.75) is 30.8 Å². The van der Waals surface area contributed by atoms with E-state index in [0.29, 0.717) is 22.2 Å². The topological polar surface area (TPSA) is 94.8 Å². The van der Waals surface area contributed by atoms with Crippen LogP contribution in [0.5, 0.6) is 11.5 Å². The van der Waals surface area contributed by atoms with Crippen molar-refractivity contribution >= 4 is 45.4 Å². The SMILES string of the molecule is COc1ccc(C=NNC(=O)CSc2nc3sc4c(c3c(=O)n2-c2ccccc2)CCCC4)c(OC)c1. The molecule has 37 heavy (non-hydrogen) atoms. The zero-order valence-electron chi connectivity index (χ0n) is 20.5. The quantitative estimate of drug-likeness (QED) is 0.154. The molecule has 1 aliphatic rings. The maximum Gasteiger partial charge on any atom is 0.267 e. The first-order valence-electron chi connectivity index (χ1n) is 11.9. The smallest absolute Gasteiger partial charge is 0.267 e. The second kappa shape index (κ2) is 11.2. The highest BCUT2D eigenvalue weighted by Crippen LogP contribution is 2.35. The Labute approximate surface area is 222 Å². The van der Waals surface area contributed by atoms with Crippen molar-refractivity contribution in [2.24, 2.45) is 5.10 Å². The lowest BCUT2D eigenvalue weighted by molar-refractivity contribution is -0.118. The number of methoxy groups -OCH3 is 2. The van der Waals surface area contributed by atoms with Crippen LogP contribution in [0.15, 0.2) is 63.6 Å². The van der Waals surface area contributed by atoms with E-state index >= 15 is 0 Å². The number of hydrazone groups is 1. The highest BCUT2D eigenvalue weighted by atomic mass is 32.2. The van der Waals surface area contributed by atoms with Gasteiger partial charge < -0.3 is 9.47 Å². The number of amides is 1. The molecule has 190 valence electrons. The number of fused-ring (bicyclic) bond motifs is 3. The molecule has 5 rings (SSSR count). The Bertz CT molecular complexity index is 1530. The Balaban J connectivity index is 1.38. The number of nitrogens with zero attached hydrogens (tertiary/aromatic N) is 3. The largest absolute Gasteiger partial charge is 0.497 e. The number of thioether (sulfide) groups is 1. The number of thiophene rings is 1. The summed E-state index contributed by atoms with van der Waals surface area (Å²) in [5.74, 6) is 0.977. The van der Waals surface area contributed by atoms with Crippen LogP contribution in [0.25, 0.3) is 15.9 Å². The van der Waals surface area contributed by atoms with Crippen molar-refractivity contribution in [3.63, 3.8) is 0 Å². The van der Waals surface area contributed by atoms with Crippen molar-refractivity contribution < 1.29 is 14.3 Å². The second-order valence-corrected chi connectivity index (χ2v) is 10.5. The fraction of sp³-hybridized carbons (Fsp3) is 0.259. The van der Waals surface area contributed by atoms with Gasteiger partial charge in [-0.05, 0) is 55.5 Å². The molecule has 0 aliphatic heterocycles. The predicted octanol–water partition coefficient (Wildman–Crippen LogP) is 4.59. The van der Waals surface area contributed by atoms with E-state index in [1.54, 1.807) is 48.3 Å². The van der Waals surface area contributed by atoms with Crippen LogP contribution in [-0.2, 0) is 17.6 Å². The number of hydrogen-bond acceptors (Lipinski definition) is 8. The third-order valence-electron chi connectivity index (χ3n) is 6.14. The molecule has 4 aromatic rings. The molecule has 1 N–H and O–H groups in total. The highest BCUT2D eigenvalue weighted by molar-refractivity contribution is 7.99. The molecule has 0 fully saturated rings. The Morgan fingerprint density at radius 1 is 1.16 bits per heavy atom. The zero-order chi connectivity index (χ0) is 25.8. The van der Waals surface area contributed by atoms with Gasteiger partial charge in [0.05, 0.1) is 37.3 Å². The summed E-state index contributed by atoms with van der Waals surface area (Å²) in [6, 6.07) is 14.8. The molecule has 0 spiro atoms. The molecule has 0 atom stereocenters. The summed E-state index contributed by atoms with van der Waals surface area (Å²) in [6.45, 7) is 0. The van der Waals surface area contributed by atoms with Crippen LogP contribution >= 0.6 is 23.1 Å². The van der Waals surface area contributed by atoms with Crippen LogP contribution in [0, 0.1) is 0 Å². The number of carbonyl (C=O) groups excluding carboxylic acids is 1. The van der Waals surface area contributed by atoms with E-state index < -0.39 is 0 Å². The number of rotatable bonds is 8. The van der Waals surface area contributed by atoms with Gasteiger partial charge in [-0.3, -0.25) is 14.2 Å². The van der Waals surface area contributed by atoms with Crippen molar-refractivity contribution in [2.75, 3.05) is 20.0 Å². The number of ether oxygens (including phenoxy) is 2. The lowest BCUT2D eigenvalue weighted by atomic mass is 9.97. The monoisotopic (exact) mass is 534 g/mol. The second-order valence-electron chi connectivity index (χ2n) is 8.45. The maximum atomic E-state index is 13.7. The Hall–Kier alpha value is -3.63. The normalized spacial score (nSPS) is 13.0. The first-order chi connectivity index (χ1) is 18.1. The van der Waals surface area contributed by atoms with Crippen LogP contribution in [0.3, 0.4) is 0 Å². The van der Waals surface area contributed by atoms with E-state index in [1.165, 1.54) is 22.9 Å². The van der Waals surface area contributed by atoms with Crippen molar-refractivity contribution in [1.29, 1.82) is 0 Å². The molecular formula is C27H26N4O4S2. The number of carbonyl (C=O) groups is 1. The van der Waals surface area contributed by atoms with Crippen LogP contribution in [0.2, 0.25) is 0 Å². The van der Waals surface area contributed by atoms with Gasteiger partial charge in [0.1, 0.15) is 16.3 Å². The molecule has 1 aliphatic carbocycles. The standard InChI is InChI=1S/C27H26N4O4S2/c1-34-19-13-12-17(21(14-19)35-2)15-28-30-23(32)16-36-27-29-25-24(20-10-6-7-11-22(20)37-25)26(33)31(27)18-8-4-3-5-9-18/h3-5,8-9,12-15H,6-7,10-11,16H2,1-2H3,(H,30,32). The summed E-state index contributed by atoms with van der Waals surface area (Å²) < 4.78 is 12.2. The predicted molar refractivity (Wildman–Crippen MR) is 148 cm³/mol. The first-order valence-corrected chi connectivity index (χ1v) is 13.7. The van der Waals surface area contributed by atoms with Crippen LogP contribution in [0.1, 0.15) is 28.8 Å². The highest BCUT2D eigenvalue weighted by Gasteiger charge is 2.23.